The van der Waals surface area contributed by atoms with Crippen LogP contribution in [-0.4, -0.2) is 23.8 Å². The molecule has 1 saturated heterocycles. The highest BCUT2D eigenvalue weighted by molar-refractivity contribution is 6.35. The molecule has 0 amide bonds. The van der Waals surface area contributed by atoms with Crippen molar-refractivity contribution in [2.75, 3.05) is 13.1 Å². The fraction of sp³-hybridized carbons (Fsp3) is 0.500. The van der Waals surface area contributed by atoms with Crippen LogP contribution < -0.4 is 5.73 Å². The topological polar surface area (TPSA) is 53.1 Å². The molecular weight excluding hydrogens is 281 g/mol. The minimum atomic E-state index is -0.139. The van der Waals surface area contributed by atoms with Gasteiger partial charge in [-0.15, -0.1) is 0 Å². The van der Waals surface area contributed by atoms with Gasteiger partial charge in [-0.2, -0.15) is 0 Å². The first kappa shape index (κ1) is 14.6. The summed E-state index contributed by atoms with van der Waals surface area (Å²) in [5.74, 6) is 0.302. The number of likely N-dealkylation sites (tertiary alicyclic amines) is 1. The molecule has 3 N–H and O–H groups in total. The number of nitrogens with zero attached hydrogens (tertiary/aromatic N) is 1. The molecule has 1 aliphatic heterocycles. The van der Waals surface area contributed by atoms with Gasteiger partial charge in [0, 0.05) is 22.0 Å². The van der Waals surface area contributed by atoms with Crippen LogP contribution in [0.15, 0.2) is 18.2 Å². The Morgan fingerprint density at radius 3 is 2.53 bits per heavy atom. The van der Waals surface area contributed by atoms with Crippen molar-refractivity contribution >= 4 is 29.0 Å². The first-order chi connectivity index (χ1) is 8.90. The molecule has 1 heterocycles. The normalized spacial score (nSPS) is 19.3. The van der Waals surface area contributed by atoms with Gasteiger partial charge in [-0.05, 0) is 43.6 Å². The van der Waals surface area contributed by atoms with E-state index in [2.05, 4.69) is 11.8 Å². The van der Waals surface area contributed by atoms with Gasteiger partial charge in [-0.3, -0.25) is 10.3 Å². The number of rotatable bonds is 3. The first-order valence-corrected chi connectivity index (χ1v) is 7.17. The lowest BCUT2D eigenvalue weighted by molar-refractivity contribution is 0.156. The maximum atomic E-state index is 7.65. The summed E-state index contributed by atoms with van der Waals surface area (Å²) in [5, 5.41) is 9.03. The van der Waals surface area contributed by atoms with Gasteiger partial charge in [0.2, 0.25) is 0 Å². The van der Waals surface area contributed by atoms with Gasteiger partial charge in [-0.1, -0.05) is 36.2 Å². The number of hydrogen-bond acceptors (Lipinski definition) is 2. The molecule has 0 saturated carbocycles. The first-order valence-electron chi connectivity index (χ1n) is 6.41. The number of piperidine rings is 1. The van der Waals surface area contributed by atoms with Crippen LogP contribution in [-0.2, 0) is 6.54 Å². The van der Waals surface area contributed by atoms with Gasteiger partial charge in [0.05, 0.1) is 5.84 Å². The second-order valence-corrected chi connectivity index (χ2v) is 6.33. The maximum Gasteiger partial charge on any atom is 0.0966 e. The molecule has 0 aromatic heterocycles. The van der Waals surface area contributed by atoms with Crippen LogP contribution in [0.3, 0.4) is 0 Å². The van der Waals surface area contributed by atoms with E-state index in [-0.39, 0.29) is 5.41 Å². The lowest BCUT2D eigenvalue weighted by atomic mass is 9.79. The molecule has 0 spiro atoms. The van der Waals surface area contributed by atoms with E-state index < -0.39 is 0 Å². The minimum absolute atomic E-state index is 0.139. The van der Waals surface area contributed by atoms with E-state index >= 15 is 0 Å². The Kier molecular flexibility index (Phi) is 4.39. The summed E-state index contributed by atoms with van der Waals surface area (Å²) in [4.78, 5) is 2.35. The Balaban J connectivity index is 1.98. The van der Waals surface area contributed by atoms with Crippen molar-refractivity contribution in [1.82, 2.24) is 4.90 Å². The Morgan fingerprint density at radius 2 is 2.00 bits per heavy atom. The molecule has 0 unspecified atom stereocenters. The van der Waals surface area contributed by atoms with E-state index in [0.717, 1.165) is 38.0 Å². The van der Waals surface area contributed by atoms with Crippen molar-refractivity contribution in [3.63, 3.8) is 0 Å². The number of nitrogens with one attached hydrogen (secondary N) is 1. The zero-order valence-corrected chi connectivity index (χ0v) is 12.6. The van der Waals surface area contributed by atoms with Crippen molar-refractivity contribution in [2.24, 2.45) is 11.1 Å². The van der Waals surface area contributed by atoms with Crippen LogP contribution in [0.1, 0.15) is 25.3 Å². The van der Waals surface area contributed by atoms with Gasteiger partial charge in [0.1, 0.15) is 0 Å². The predicted octanol–water partition coefficient (Wildman–Crippen LogP) is 3.53. The smallest absolute Gasteiger partial charge is 0.0966 e. The molecule has 0 radical (unpaired) electrons. The Bertz CT molecular complexity index is 480. The number of hydrogen-bond donors (Lipinski definition) is 2. The lowest BCUT2D eigenvalue weighted by Gasteiger charge is -2.38. The molecule has 2 rings (SSSR count). The molecule has 1 aliphatic rings. The highest BCUT2D eigenvalue weighted by atomic mass is 35.5. The van der Waals surface area contributed by atoms with Crippen LogP contribution in [0, 0.1) is 10.8 Å². The molecule has 3 nitrogen and oxygen atoms in total. The molecule has 19 heavy (non-hydrogen) atoms. The molecule has 104 valence electrons. The van der Waals surface area contributed by atoms with Crippen LogP contribution in [0.25, 0.3) is 0 Å². The zero-order chi connectivity index (χ0) is 14.0. The molecule has 1 aromatic rings. The third-order valence-corrected chi connectivity index (χ3v) is 4.61. The molecule has 1 fully saturated rings. The van der Waals surface area contributed by atoms with Gasteiger partial charge < -0.3 is 5.73 Å². The van der Waals surface area contributed by atoms with Gasteiger partial charge in [0.15, 0.2) is 0 Å². The van der Waals surface area contributed by atoms with Crippen LogP contribution in [0.5, 0.6) is 0 Å². The molecular formula is C14H19Cl2N3. The third kappa shape index (κ3) is 3.41. The van der Waals surface area contributed by atoms with Crippen molar-refractivity contribution < 1.29 is 0 Å². The molecule has 0 aliphatic carbocycles. The minimum Gasteiger partial charge on any atom is -0.387 e. The summed E-state index contributed by atoms with van der Waals surface area (Å²) in [6.45, 7) is 4.77. The van der Waals surface area contributed by atoms with Crippen molar-refractivity contribution in [3.05, 3.63) is 33.8 Å². The van der Waals surface area contributed by atoms with E-state index in [9.17, 15) is 0 Å². The average molecular weight is 300 g/mol. The summed E-state index contributed by atoms with van der Waals surface area (Å²) in [7, 11) is 0. The van der Waals surface area contributed by atoms with Gasteiger partial charge >= 0.3 is 0 Å². The van der Waals surface area contributed by atoms with E-state index in [1.807, 2.05) is 12.1 Å². The summed E-state index contributed by atoms with van der Waals surface area (Å²) < 4.78 is 0. The Hall–Kier alpha value is -0.770. The third-order valence-electron chi connectivity index (χ3n) is 4.02. The lowest BCUT2D eigenvalue weighted by Crippen LogP contribution is -2.44. The number of nitrogens with two attached hydrogens (primary N) is 1. The second-order valence-electron chi connectivity index (χ2n) is 5.49. The molecule has 1 aromatic carbocycles. The fourth-order valence-electron chi connectivity index (χ4n) is 2.36. The van der Waals surface area contributed by atoms with E-state index in [0.29, 0.717) is 15.9 Å². The maximum absolute atomic E-state index is 7.65. The summed E-state index contributed by atoms with van der Waals surface area (Å²) in [5.41, 5.74) is 6.63. The Labute approximate surface area is 124 Å². The molecule has 5 heteroatoms. The van der Waals surface area contributed by atoms with Gasteiger partial charge in [0.25, 0.3) is 0 Å². The summed E-state index contributed by atoms with van der Waals surface area (Å²) >= 11 is 12.1. The van der Waals surface area contributed by atoms with E-state index in [4.69, 9.17) is 34.3 Å². The second kappa shape index (κ2) is 5.70. The van der Waals surface area contributed by atoms with Crippen molar-refractivity contribution in [2.45, 2.75) is 26.3 Å². The SMILES string of the molecule is CC1(C(=N)N)CCN(Cc2ccc(Cl)cc2Cl)CC1. The molecule has 0 atom stereocenters. The average Bonchev–Trinajstić information content (AvgIpc) is 2.35. The van der Waals surface area contributed by atoms with Gasteiger partial charge in [-0.25, -0.2) is 0 Å². The quantitative estimate of drug-likeness (QED) is 0.663. The number of amidine groups is 1. The van der Waals surface area contributed by atoms with Crippen LogP contribution in [0.4, 0.5) is 0 Å². The zero-order valence-electron chi connectivity index (χ0n) is 11.0. The van der Waals surface area contributed by atoms with Crippen LogP contribution in [0.2, 0.25) is 10.0 Å². The van der Waals surface area contributed by atoms with E-state index in [1.54, 1.807) is 6.07 Å². The largest absolute Gasteiger partial charge is 0.387 e. The number of benzene rings is 1. The standard InChI is InChI=1S/C14H19Cl2N3/c1-14(13(17)18)4-6-19(7-5-14)9-10-2-3-11(15)8-12(10)16/h2-3,8H,4-7,9H2,1H3,(H3,17,18). The van der Waals surface area contributed by atoms with Crippen LogP contribution >= 0.6 is 23.2 Å². The van der Waals surface area contributed by atoms with Crippen molar-refractivity contribution in [1.29, 1.82) is 5.41 Å². The molecule has 0 bridgehead atoms. The number of halogens is 2. The van der Waals surface area contributed by atoms with Crippen molar-refractivity contribution in [3.8, 4) is 0 Å². The fourth-order valence-corrected chi connectivity index (χ4v) is 2.83. The predicted molar refractivity (Wildman–Crippen MR) is 81.0 cm³/mol. The highest BCUT2D eigenvalue weighted by Gasteiger charge is 2.32. The highest BCUT2D eigenvalue weighted by Crippen LogP contribution is 2.32. The summed E-state index contributed by atoms with van der Waals surface area (Å²) in [6, 6.07) is 5.62. The van der Waals surface area contributed by atoms with E-state index in [1.165, 1.54) is 0 Å². The monoisotopic (exact) mass is 299 g/mol. The Morgan fingerprint density at radius 1 is 1.37 bits per heavy atom. The summed E-state index contributed by atoms with van der Waals surface area (Å²) in [6.07, 6.45) is 1.85.